The van der Waals surface area contributed by atoms with E-state index in [9.17, 15) is 4.79 Å². The normalized spacial score (nSPS) is 10.5. The number of ether oxygens (including phenoxy) is 1. The number of hydrogen-bond acceptors (Lipinski definition) is 5. The van der Waals surface area contributed by atoms with Gasteiger partial charge in [-0.2, -0.15) is 0 Å². The van der Waals surface area contributed by atoms with Crippen molar-refractivity contribution in [3.8, 4) is 27.6 Å². The zero-order chi connectivity index (χ0) is 20.1. The van der Waals surface area contributed by atoms with E-state index in [1.54, 1.807) is 30.8 Å². The Labute approximate surface area is 173 Å². The van der Waals surface area contributed by atoms with Crippen LogP contribution < -0.4 is 10.1 Å². The Bertz CT molecular complexity index is 1110. The molecule has 6 heteroatoms. The minimum Gasteiger partial charge on any atom is -0.497 e. The van der Waals surface area contributed by atoms with E-state index < -0.39 is 0 Å². The molecule has 0 saturated carbocycles. The van der Waals surface area contributed by atoms with E-state index in [-0.39, 0.29) is 5.91 Å². The number of nitrogens with one attached hydrogen (secondary N) is 1. The van der Waals surface area contributed by atoms with Crippen LogP contribution in [-0.2, 0) is 11.2 Å². The molecule has 2 heterocycles. The number of rotatable bonds is 6. The fourth-order valence-electron chi connectivity index (χ4n) is 2.92. The lowest BCUT2D eigenvalue weighted by Crippen LogP contribution is -2.14. The number of carbonyl (C=O) groups is 1. The van der Waals surface area contributed by atoms with Crippen LogP contribution in [0.3, 0.4) is 0 Å². The standard InChI is InChI=1S/C23H19N3O2S/c1-28-20-7-5-16(6-8-20)13-22(27)25-19-4-2-3-18(14-19)21-15-29-23(26-21)17-9-11-24-12-10-17/h2-12,14-15H,13H2,1H3,(H,25,27). The molecule has 1 N–H and O–H groups in total. The summed E-state index contributed by atoms with van der Waals surface area (Å²) in [4.78, 5) is 21.2. The van der Waals surface area contributed by atoms with Gasteiger partial charge in [0.2, 0.25) is 5.91 Å². The molecule has 0 aliphatic carbocycles. The molecular weight excluding hydrogens is 382 g/mol. The fourth-order valence-corrected chi connectivity index (χ4v) is 3.76. The van der Waals surface area contributed by atoms with Crippen LogP contribution in [0.25, 0.3) is 21.8 Å². The van der Waals surface area contributed by atoms with Crippen molar-refractivity contribution in [1.82, 2.24) is 9.97 Å². The topological polar surface area (TPSA) is 64.1 Å². The van der Waals surface area contributed by atoms with E-state index in [4.69, 9.17) is 9.72 Å². The van der Waals surface area contributed by atoms with Crippen molar-refractivity contribution in [3.63, 3.8) is 0 Å². The number of pyridine rings is 1. The lowest BCUT2D eigenvalue weighted by molar-refractivity contribution is -0.115. The van der Waals surface area contributed by atoms with Gasteiger partial charge in [-0.25, -0.2) is 4.98 Å². The van der Waals surface area contributed by atoms with Crippen LogP contribution in [-0.4, -0.2) is 23.0 Å². The number of benzene rings is 2. The van der Waals surface area contributed by atoms with Crippen molar-refractivity contribution >= 4 is 22.9 Å². The highest BCUT2D eigenvalue weighted by atomic mass is 32.1. The number of hydrogen-bond donors (Lipinski definition) is 1. The lowest BCUT2D eigenvalue weighted by atomic mass is 10.1. The van der Waals surface area contributed by atoms with E-state index in [1.807, 2.05) is 66.0 Å². The Hall–Kier alpha value is -3.51. The van der Waals surface area contributed by atoms with E-state index in [0.717, 1.165) is 38.8 Å². The van der Waals surface area contributed by atoms with Gasteiger partial charge in [0.25, 0.3) is 0 Å². The smallest absolute Gasteiger partial charge is 0.228 e. The summed E-state index contributed by atoms with van der Waals surface area (Å²) in [6.07, 6.45) is 3.82. The summed E-state index contributed by atoms with van der Waals surface area (Å²) in [6.45, 7) is 0. The highest BCUT2D eigenvalue weighted by molar-refractivity contribution is 7.13. The molecule has 4 rings (SSSR count). The lowest BCUT2D eigenvalue weighted by Gasteiger charge is -2.07. The number of aromatic nitrogens is 2. The Morgan fingerprint density at radius 3 is 2.59 bits per heavy atom. The highest BCUT2D eigenvalue weighted by Gasteiger charge is 2.09. The SMILES string of the molecule is COc1ccc(CC(=O)Nc2cccc(-c3csc(-c4ccncc4)n3)c2)cc1. The minimum absolute atomic E-state index is 0.0666. The van der Waals surface area contributed by atoms with Crippen LogP contribution >= 0.6 is 11.3 Å². The molecule has 0 aliphatic rings. The summed E-state index contributed by atoms with van der Waals surface area (Å²) >= 11 is 1.59. The van der Waals surface area contributed by atoms with Gasteiger partial charge in [-0.1, -0.05) is 24.3 Å². The monoisotopic (exact) mass is 401 g/mol. The average molecular weight is 401 g/mol. The first-order valence-corrected chi connectivity index (χ1v) is 9.98. The van der Waals surface area contributed by atoms with Gasteiger partial charge >= 0.3 is 0 Å². The molecule has 29 heavy (non-hydrogen) atoms. The number of anilines is 1. The molecule has 144 valence electrons. The summed E-state index contributed by atoms with van der Waals surface area (Å²) in [7, 11) is 1.62. The first kappa shape index (κ1) is 18.8. The molecule has 0 fully saturated rings. The Morgan fingerprint density at radius 1 is 1.03 bits per heavy atom. The quantitative estimate of drug-likeness (QED) is 0.490. The second-order valence-corrected chi connectivity index (χ2v) is 7.29. The van der Waals surface area contributed by atoms with Crippen molar-refractivity contribution < 1.29 is 9.53 Å². The predicted molar refractivity (Wildman–Crippen MR) is 116 cm³/mol. The van der Waals surface area contributed by atoms with Crippen LogP contribution in [0.2, 0.25) is 0 Å². The van der Waals surface area contributed by atoms with Gasteiger partial charge in [0.1, 0.15) is 10.8 Å². The third kappa shape index (κ3) is 4.67. The van der Waals surface area contributed by atoms with Gasteiger partial charge in [0.15, 0.2) is 0 Å². The molecule has 4 aromatic rings. The molecule has 0 spiro atoms. The second kappa shape index (κ2) is 8.67. The van der Waals surface area contributed by atoms with Crippen LogP contribution in [0.5, 0.6) is 5.75 Å². The molecule has 0 aliphatic heterocycles. The van der Waals surface area contributed by atoms with E-state index in [2.05, 4.69) is 10.3 Å². The fraction of sp³-hybridized carbons (Fsp3) is 0.0870. The van der Waals surface area contributed by atoms with E-state index >= 15 is 0 Å². The Balaban J connectivity index is 1.46. The third-order valence-corrected chi connectivity index (χ3v) is 5.29. The van der Waals surface area contributed by atoms with Gasteiger partial charge in [-0.05, 0) is 42.0 Å². The maximum absolute atomic E-state index is 12.4. The summed E-state index contributed by atoms with van der Waals surface area (Å²) < 4.78 is 5.15. The van der Waals surface area contributed by atoms with Crippen LogP contribution in [0, 0.1) is 0 Å². The molecule has 5 nitrogen and oxygen atoms in total. The van der Waals surface area contributed by atoms with Gasteiger partial charge in [-0.3, -0.25) is 9.78 Å². The molecule has 2 aromatic heterocycles. The van der Waals surface area contributed by atoms with Crippen molar-refractivity contribution in [2.45, 2.75) is 6.42 Å². The van der Waals surface area contributed by atoms with Gasteiger partial charge in [-0.15, -0.1) is 11.3 Å². The predicted octanol–water partition coefficient (Wildman–Crippen LogP) is 5.06. The summed E-state index contributed by atoms with van der Waals surface area (Å²) in [5, 5.41) is 5.93. The van der Waals surface area contributed by atoms with Crippen molar-refractivity contribution in [2.75, 3.05) is 12.4 Å². The van der Waals surface area contributed by atoms with E-state index in [1.165, 1.54) is 0 Å². The molecule has 2 aromatic carbocycles. The van der Waals surface area contributed by atoms with Crippen molar-refractivity contribution in [2.24, 2.45) is 0 Å². The van der Waals surface area contributed by atoms with Crippen molar-refractivity contribution in [3.05, 3.63) is 84.0 Å². The molecule has 1 amide bonds. The second-order valence-electron chi connectivity index (χ2n) is 6.43. The van der Waals surface area contributed by atoms with Gasteiger partial charge in [0.05, 0.1) is 19.2 Å². The Morgan fingerprint density at radius 2 is 1.83 bits per heavy atom. The van der Waals surface area contributed by atoms with Gasteiger partial charge < -0.3 is 10.1 Å². The Kier molecular flexibility index (Phi) is 5.63. The van der Waals surface area contributed by atoms with Crippen LogP contribution in [0.15, 0.2) is 78.4 Å². The largest absolute Gasteiger partial charge is 0.497 e. The number of carbonyl (C=O) groups excluding carboxylic acids is 1. The number of methoxy groups -OCH3 is 1. The molecule has 0 saturated heterocycles. The zero-order valence-electron chi connectivity index (χ0n) is 15.8. The first-order chi connectivity index (χ1) is 14.2. The third-order valence-electron chi connectivity index (χ3n) is 4.40. The summed E-state index contributed by atoms with van der Waals surface area (Å²) in [5.41, 5.74) is 4.57. The van der Waals surface area contributed by atoms with Crippen LogP contribution in [0.1, 0.15) is 5.56 Å². The zero-order valence-corrected chi connectivity index (χ0v) is 16.6. The summed E-state index contributed by atoms with van der Waals surface area (Å²) in [5.74, 6) is 0.708. The average Bonchev–Trinajstić information content (AvgIpc) is 3.25. The van der Waals surface area contributed by atoms with Crippen molar-refractivity contribution in [1.29, 1.82) is 0 Å². The molecule has 0 radical (unpaired) electrons. The van der Waals surface area contributed by atoms with Crippen LogP contribution in [0.4, 0.5) is 5.69 Å². The summed E-state index contributed by atoms with van der Waals surface area (Å²) in [6, 6.07) is 19.1. The minimum atomic E-state index is -0.0666. The highest BCUT2D eigenvalue weighted by Crippen LogP contribution is 2.29. The maximum atomic E-state index is 12.4. The molecule has 0 atom stereocenters. The first-order valence-electron chi connectivity index (χ1n) is 9.10. The molecular formula is C23H19N3O2S. The van der Waals surface area contributed by atoms with Gasteiger partial charge in [0, 0.05) is 34.6 Å². The molecule has 0 unspecified atom stereocenters. The number of thiazole rings is 1. The van der Waals surface area contributed by atoms with E-state index in [0.29, 0.717) is 6.42 Å². The molecule has 0 bridgehead atoms. The number of nitrogens with zero attached hydrogens (tertiary/aromatic N) is 2. The maximum Gasteiger partial charge on any atom is 0.228 e. The number of amides is 1.